The van der Waals surface area contributed by atoms with Gasteiger partial charge in [-0.15, -0.1) is 0 Å². The van der Waals surface area contributed by atoms with Crippen LogP contribution in [-0.4, -0.2) is 21.0 Å². The summed E-state index contributed by atoms with van der Waals surface area (Å²) in [6.45, 7) is 1.64. The molecule has 0 spiro atoms. The summed E-state index contributed by atoms with van der Waals surface area (Å²) >= 11 is 5.70. The van der Waals surface area contributed by atoms with Crippen molar-refractivity contribution in [1.29, 1.82) is 0 Å². The van der Waals surface area contributed by atoms with E-state index in [-0.39, 0.29) is 16.4 Å². The van der Waals surface area contributed by atoms with Crippen LogP contribution in [0.3, 0.4) is 0 Å². The van der Waals surface area contributed by atoms with E-state index in [9.17, 15) is 9.18 Å². The predicted molar refractivity (Wildman–Crippen MR) is 64.1 cm³/mol. The number of hydrogen-bond acceptors (Lipinski definition) is 3. The van der Waals surface area contributed by atoms with E-state index in [1.165, 1.54) is 12.1 Å². The quantitative estimate of drug-likeness (QED) is 0.849. The Morgan fingerprint density at radius 3 is 2.78 bits per heavy atom. The van der Waals surface area contributed by atoms with Crippen LogP contribution in [0.2, 0.25) is 5.15 Å². The SMILES string of the molecule is Cc1cc(-c2cc(Cl)ncc2F)cc(C(=O)O)n1. The van der Waals surface area contributed by atoms with E-state index >= 15 is 0 Å². The minimum atomic E-state index is -1.17. The van der Waals surface area contributed by atoms with Crippen LogP contribution in [0.25, 0.3) is 11.1 Å². The molecule has 0 fully saturated rings. The average molecular weight is 267 g/mol. The van der Waals surface area contributed by atoms with Crippen molar-refractivity contribution in [2.24, 2.45) is 0 Å². The maximum Gasteiger partial charge on any atom is 0.354 e. The largest absolute Gasteiger partial charge is 0.477 e. The number of aryl methyl sites for hydroxylation is 1. The van der Waals surface area contributed by atoms with Gasteiger partial charge in [-0.25, -0.2) is 19.2 Å². The molecule has 0 aromatic carbocycles. The van der Waals surface area contributed by atoms with Gasteiger partial charge in [0.25, 0.3) is 0 Å². The summed E-state index contributed by atoms with van der Waals surface area (Å²) < 4.78 is 13.6. The van der Waals surface area contributed by atoms with Crippen LogP contribution in [0, 0.1) is 12.7 Å². The molecule has 0 saturated heterocycles. The van der Waals surface area contributed by atoms with Gasteiger partial charge in [-0.2, -0.15) is 0 Å². The van der Waals surface area contributed by atoms with E-state index in [2.05, 4.69) is 9.97 Å². The number of halogens is 2. The average Bonchev–Trinajstić information content (AvgIpc) is 2.31. The number of rotatable bonds is 2. The zero-order valence-corrected chi connectivity index (χ0v) is 10.1. The smallest absolute Gasteiger partial charge is 0.354 e. The van der Waals surface area contributed by atoms with Gasteiger partial charge in [-0.1, -0.05) is 11.6 Å². The van der Waals surface area contributed by atoms with Crippen LogP contribution in [0.5, 0.6) is 0 Å². The third-order valence-electron chi connectivity index (χ3n) is 2.31. The molecule has 2 rings (SSSR count). The maximum atomic E-state index is 13.6. The molecule has 2 heterocycles. The van der Waals surface area contributed by atoms with Crippen LogP contribution in [0.4, 0.5) is 4.39 Å². The minimum Gasteiger partial charge on any atom is -0.477 e. The molecule has 0 aliphatic heterocycles. The predicted octanol–water partition coefficient (Wildman–Crippen LogP) is 2.94. The topological polar surface area (TPSA) is 63.1 Å². The highest BCUT2D eigenvalue weighted by atomic mass is 35.5. The molecule has 0 amide bonds. The van der Waals surface area contributed by atoms with E-state index < -0.39 is 11.8 Å². The lowest BCUT2D eigenvalue weighted by Gasteiger charge is -2.06. The first-order valence-electron chi connectivity index (χ1n) is 5.01. The highest BCUT2D eigenvalue weighted by molar-refractivity contribution is 6.29. The van der Waals surface area contributed by atoms with E-state index in [1.54, 1.807) is 13.0 Å². The lowest BCUT2D eigenvalue weighted by molar-refractivity contribution is 0.0690. The Kier molecular flexibility index (Phi) is 3.25. The summed E-state index contributed by atoms with van der Waals surface area (Å²) in [4.78, 5) is 18.3. The van der Waals surface area contributed by atoms with Gasteiger partial charge < -0.3 is 5.11 Å². The van der Waals surface area contributed by atoms with Gasteiger partial charge in [0.1, 0.15) is 16.7 Å². The zero-order valence-electron chi connectivity index (χ0n) is 9.32. The molecule has 1 N–H and O–H groups in total. The third kappa shape index (κ3) is 2.46. The molecule has 18 heavy (non-hydrogen) atoms. The number of carboxylic acid groups (broad SMARTS) is 1. The zero-order chi connectivity index (χ0) is 13.3. The van der Waals surface area contributed by atoms with Crippen molar-refractivity contribution in [1.82, 2.24) is 9.97 Å². The molecule has 0 aliphatic carbocycles. The second-order valence-corrected chi connectivity index (χ2v) is 4.06. The highest BCUT2D eigenvalue weighted by Gasteiger charge is 2.12. The van der Waals surface area contributed by atoms with Crippen molar-refractivity contribution in [3.8, 4) is 11.1 Å². The maximum absolute atomic E-state index is 13.6. The molecule has 0 radical (unpaired) electrons. The fourth-order valence-corrected chi connectivity index (χ4v) is 1.73. The van der Waals surface area contributed by atoms with Crippen LogP contribution >= 0.6 is 11.6 Å². The molecule has 0 atom stereocenters. The van der Waals surface area contributed by atoms with E-state index in [0.29, 0.717) is 11.3 Å². The Morgan fingerprint density at radius 2 is 2.11 bits per heavy atom. The Hall–Kier alpha value is -2.01. The first kappa shape index (κ1) is 12.4. The van der Waals surface area contributed by atoms with Crippen molar-refractivity contribution in [2.45, 2.75) is 6.92 Å². The van der Waals surface area contributed by atoms with Crippen molar-refractivity contribution in [2.75, 3.05) is 0 Å². The normalized spacial score (nSPS) is 10.4. The number of hydrogen-bond donors (Lipinski definition) is 1. The summed E-state index contributed by atoms with van der Waals surface area (Å²) in [6.07, 6.45) is 0.994. The number of carbonyl (C=O) groups is 1. The Morgan fingerprint density at radius 1 is 1.39 bits per heavy atom. The van der Waals surface area contributed by atoms with Gasteiger partial charge >= 0.3 is 5.97 Å². The van der Waals surface area contributed by atoms with Gasteiger partial charge in [0.2, 0.25) is 0 Å². The first-order chi connectivity index (χ1) is 8.47. The van der Waals surface area contributed by atoms with Crippen LogP contribution in [0.1, 0.15) is 16.2 Å². The highest BCUT2D eigenvalue weighted by Crippen LogP contribution is 2.25. The van der Waals surface area contributed by atoms with Crippen molar-refractivity contribution in [3.63, 3.8) is 0 Å². The Bertz CT molecular complexity index is 631. The van der Waals surface area contributed by atoms with Crippen molar-refractivity contribution in [3.05, 3.63) is 46.8 Å². The summed E-state index contributed by atoms with van der Waals surface area (Å²) in [7, 11) is 0. The lowest BCUT2D eigenvalue weighted by Crippen LogP contribution is -2.02. The molecule has 92 valence electrons. The third-order valence-corrected chi connectivity index (χ3v) is 2.51. The molecule has 0 aliphatic rings. The van der Waals surface area contributed by atoms with Gasteiger partial charge in [-0.3, -0.25) is 0 Å². The monoisotopic (exact) mass is 266 g/mol. The summed E-state index contributed by atoms with van der Waals surface area (Å²) in [6, 6.07) is 4.22. The molecule has 6 heteroatoms. The molecule has 4 nitrogen and oxygen atoms in total. The Balaban J connectivity index is 2.63. The Labute approximate surface area is 107 Å². The number of carboxylic acids is 1. The van der Waals surface area contributed by atoms with Crippen LogP contribution in [0.15, 0.2) is 24.4 Å². The number of aromatic carboxylic acids is 1. The summed E-state index contributed by atoms with van der Waals surface area (Å²) in [5.74, 6) is -1.73. The van der Waals surface area contributed by atoms with Crippen molar-refractivity contribution >= 4 is 17.6 Å². The molecular formula is C12H8ClFN2O2. The second kappa shape index (κ2) is 4.70. The fourth-order valence-electron chi connectivity index (χ4n) is 1.57. The molecule has 0 saturated carbocycles. The fraction of sp³-hybridized carbons (Fsp3) is 0.0833. The molecule has 0 unspecified atom stereocenters. The van der Waals surface area contributed by atoms with E-state index in [4.69, 9.17) is 16.7 Å². The van der Waals surface area contributed by atoms with Crippen LogP contribution < -0.4 is 0 Å². The number of nitrogens with zero attached hydrogens (tertiary/aromatic N) is 2. The molecular weight excluding hydrogens is 259 g/mol. The van der Waals surface area contributed by atoms with Gasteiger partial charge in [0.15, 0.2) is 0 Å². The number of pyridine rings is 2. The van der Waals surface area contributed by atoms with Crippen LogP contribution in [-0.2, 0) is 0 Å². The van der Waals surface area contributed by atoms with E-state index in [1.807, 2.05) is 0 Å². The minimum absolute atomic E-state index is 0.137. The van der Waals surface area contributed by atoms with Gasteiger partial charge in [-0.05, 0) is 30.7 Å². The summed E-state index contributed by atoms with van der Waals surface area (Å²) in [5, 5.41) is 9.05. The van der Waals surface area contributed by atoms with Gasteiger partial charge in [0.05, 0.1) is 6.20 Å². The first-order valence-corrected chi connectivity index (χ1v) is 5.38. The molecule has 2 aromatic heterocycles. The van der Waals surface area contributed by atoms with Gasteiger partial charge in [0, 0.05) is 11.3 Å². The number of aromatic nitrogens is 2. The second-order valence-electron chi connectivity index (χ2n) is 3.67. The molecule has 2 aromatic rings. The van der Waals surface area contributed by atoms with Crippen molar-refractivity contribution < 1.29 is 14.3 Å². The summed E-state index contributed by atoms with van der Waals surface area (Å²) in [5.41, 5.74) is 0.944. The molecule has 0 bridgehead atoms. The standard InChI is InChI=1S/C12H8ClFN2O2/c1-6-2-7(3-10(16-6)12(17)18)8-4-11(13)15-5-9(8)14/h2-5H,1H3,(H,17,18). The van der Waals surface area contributed by atoms with E-state index in [0.717, 1.165) is 6.20 Å². The lowest BCUT2D eigenvalue weighted by atomic mass is 10.1.